The summed E-state index contributed by atoms with van der Waals surface area (Å²) in [4.78, 5) is 19.6. The van der Waals surface area contributed by atoms with Crippen LogP contribution in [0.15, 0.2) is 0 Å². The molecule has 0 aliphatic carbocycles. The van der Waals surface area contributed by atoms with E-state index < -0.39 is 19.4 Å². The van der Waals surface area contributed by atoms with E-state index in [1.165, 1.54) is 97.0 Å². The van der Waals surface area contributed by atoms with E-state index in [0.29, 0.717) is 6.61 Å². The number of carbonyl (C=O) groups is 1. The van der Waals surface area contributed by atoms with Crippen LogP contribution in [0, 0.1) is 0 Å². The normalized spacial score (nSPS) is 14.4. The zero-order chi connectivity index (χ0) is 23.2. The van der Waals surface area contributed by atoms with Crippen LogP contribution in [0.5, 0.6) is 0 Å². The van der Waals surface area contributed by atoms with Gasteiger partial charge in [0.1, 0.15) is 6.10 Å². The van der Waals surface area contributed by atoms with Crippen LogP contribution >= 0.6 is 7.60 Å². The molecular weight excluding hydrogens is 419 g/mol. The molecule has 31 heavy (non-hydrogen) atoms. The Balaban J connectivity index is 3.35. The highest BCUT2D eigenvalue weighted by atomic mass is 31.2. The van der Waals surface area contributed by atoms with E-state index in [0.717, 1.165) is 12.8 Å². The second kappa shape index (κ2) is 21.4. The Morgan fingerprint density at radius 3 is 1.58 bits per heavy atom. The highest BCUT2D eigenvalue weighted by Crippen LogP contribution is 2.42. The molecule has 0 amide bonds. The largest absolute Gasteiger partial charge is 0.472 e. The Hall–Kier alpha value is -0.460. The molecular formula is C23H47O7P. The summed E-state index contributed by atoms with van der Waals surface area (Å²) in [5.41, 5.74) is -1.86. The van der Waals surface area contributed by atoms with Gasteiger partial charge in [-0.25, -0.2) is 9.36 Å². The molecule has 0 saturated carbocycles. The Labute approximate surface area is 189 Å². The van der Waals surface area contributed by atoms with Gasteiger partial charge >= 0.3 is 13.3 Å². The van der Waals surface area contributed by atoms with Crippen molar-refractivity contribution in [3.8, 4) is 0 Å². The quantitative estimate of drug-likeness (QED) is 0.115. The van der Waals surface area contributed by atoms with Gasteiger partial charge in [0.25, 0.3) is 0 Å². The van der Waals surface area contributed by atoms with Gasteiger partial charge in [0.05, 0.1) is 13.2 Å². The molecule has 0 aliphatic rings. The van der Waals surface area contributed by atoms with Gasteiger partial charge in [-0.1, -0.05) is 103 Å². The van der Waals surface area contributed by atoms with Crippen molar-refractivity contribution in [3.05, 3.63) is 0 Å². The number of unbranched alkanes of at least 4 members (excludes halogenated alkanes) is 15. The average Bonchev–Trinajstić information content (AvgIpc) is 2.74. The van der Waals surface area contributed by atoms with Crippen molar-refractivity contribution in [2.75, 3.05) is 26.9 Å². The summed E-state index contributed by atoms with van der Waals surface area (Å²) in [5.74, 6) is 0. The molecule has 8 heteroatoms. The molecule has 0 spiro atoms. The molecule has 1 unspecified atom stereocenters. The van der Waals surface area contributed by atoms with Crippen molar-refractivity contribution in [2.45, 2.75) is 116 Å². The molecule has 2 atom stereocenters. The Morgan fingerprint density at radius 2 is 1.19 bits per heavy atom. The lowest BCUT2D eigenvalue weighted by molar-refractivity contribution is -0.0167. The molecule has 0 saturated heterocycles. The lowest BCUT2D eigenvalue weighted by Crippen LogP contribution is -2.24. The third-order valence-electron chi connectivity index (χ3n) is 5.46. The van der Waals surface area contributed by atoms with Gasteiger partial charge in [-0.3, -0.25) is 4.52 Å². The van der Waals surface area contributed by atoms with Gasteiger partial charge in [0.15, 0.2) is 0 Å². The zero-order valence-corrected chi connectivity index (χ0v) is 20.8. The minimum Gasteiger partial charge on any atom is -0.472 e. The SMILES string of the molecule is CCCCCCCCCCCCCCCCCCOC[C@@H](COP(=O)(O)C(=O)O)OC. The summed E-state index contributed by atoms with van der Waals surface area (Å²) in [7, 11) is -3.20. The summed E-state index contributed by atoms with van der Waals surface area (Å²) < 4.78 is 26.3. The van der Waals surface area contributed by atoms with Crippen molar-refractivity contribution in [1.29, 1.82) is 0 Å². The van der Waals surface area contributed by atoms with Crippen molar-refractivity contribution in [1.82, 2.24) is 0 Å². The maximum atomic E-state index is 11.2. The van der Waals surface area contributed by atoms with E-state index in [1.807, 2.05) is 0 Å². The lowest BCUT2D eigenvalue weighted by atomic mass is 10.0. The molecule has 2 N–H and O–H groups in total. The highest BCUT2D eigenvalue weighted by molar-refractivity contribution is 7.70. The Bertz CT molecular complexity index is 459. The standard InChI is InChI=1S/C23H47O7P/c1-3-4-5-6-7-8-9-10-11-12-13-14-15-16-17-18-19-29-20-22(28-2)21-30-31(26,27)23(24)25/h22H,3-21H2,1-2H3,(H,24,25)(H,26,27)/t22-/m0/s1. The average molecular weight is 467 g/mol. The molecule has 0 rings (SSSR count). The fraction of sp³-hybridized carbons (Fsp3) is 0.957. The first-order chi connectivity index (χ1) is 14.9. The Kier molecular flexibility index (Phi) is 21.1. The maximum absolute atomic E-state index is 11.2. The molecule has 0 radical (unpaired) electrons. The van der Waals surface area contributed by atoms with Gasteiger partial charge in [-0.05, 0) is 6.42 Å². The van der Waals surface area contributed by atoms with Crippen LogP contribution in [0.25, 0.3) is 0 Å². The first kappa shape index (κ1) is 30.5. The second-order valence-electron chi connectivity index (χ2n) is 8.33. The van der Waals surface area contributed by atoms with Crippen molar-refractivity contribution in [2.24, 2.45) is 0 Å². The van der Waals surface area contributed by atoms with E-state index >= 15 is 0 Å². The summed E-state index contributed by atoms with van der Waals surface area (Å²) in [5, 5.41) is 8.56. The molecule has 7 nitrogen and oxygen atoms in total. The maximum Gasteiger partial charge on any atom is 0.435 e. The smallest absolute Gasteiger partial charge is 0.435 e. The number of rotatable bonds is 24. The summed E-state index contributed by atoms with van der Waals surface area (Å²) in [6.45, 7) is 2.76. The molecule has 0 aromatic heterocycles. The highest BCUT2D eigenvalue weighted by Gasteiger charge is 2.31. The van der Waals surface area contributed by atoms with E-state index in [9.17, 15) is 9.36 Å². The minimum atomic E-state index is -4.63. The topological polar surface area (TPSA) is 102 Å². The number of methoxy groups -OCH3 is 1. The van der Waals surface area contributed by atoms with Gasteiger partial charge in [-0.15, -0.1) is 0 Å². The number of hydrogen-bond acceptors (Lipinski definition) is 5. The van der Waals surface area contributed by atoms with Crippen molar-refractivity contribution >= 4 is 13.3 Å². The van der Waals surface area contributed by atoms with Crippen LogP contribution in [0.2, 0.25) is 0 Å². The van der Waals surface area contributed by atoms with Crippen LogP contribution in [0.3, 0.4) is 0 Å². The lowest BCUT2D eigenvalue weighted by Gasteiger charge is -2.16. The van der Waals surface area contributed by atoms with Gasteiger partial charge in [0, 0.05) is 13.7 Å². The first-order valence-electron chi connectivity index (χ1n) is 12.3. The molecule has 0 heterocycles. The monoisotopic (exact) mass is 466 g/mol. The summed E-state index contributed by atoms with van der Waals surface area (Å²) in [6, 6.07) is 0. The van der Waals surface area contributed by atoms with E-state index in [2.05, 4.69) is 11.4 Å². The molecule has 0 aromatic carbocycles. The number of hydrogen-bond donors (Lipinski definition) is 2. The predicted molar refractivity (Wildman–Crippen MR) is 125 cm³/mol. The van der Waals surface area contributed by atoms with Gasteiger partial charge in [0.2, 0.25) is 0 Å². The van der Waals surface area contributed by atoms with Gasteiger partial charge in [-0.2, -0.15) is 0 Å². The third kappa shape index (κ3) is 19.9. The van der Waals surface area contributed by atoms with Crippen LogP contribution in [-0.2, 0) is 18.6 Å². The predicted octanol–water partition coefficient (Wildman–Crippen LogP) is 7.16. The third-order valence-corrected chi connectivity index (χ3v) is 6.44. The van der Waals surface area contributed by atoms with E-state index in [1.54, 1.807) is 0 Å². The summed E-state index contributed by atoms with van der Waals surface area (Å²) in [6.07, 6.45) is 20.6. The first-order valence-corrected chi connectivity index (χ1v) is 13.8. The van der Waals surface area contributed by atoms with Gasteiger partial charge < -0.3 is 19.5 Å². The zero-order valence-electron chi connectivity index (χ0n) is 19.9. The van der Waals surface area contributed by atoms with Crippen LogP contribution < -0.4 is 0 Å². The second-order valence-corrected chi connectivity index (χ2v) is 10.0. The molecule has 0 aromatic rings. The molecule has 0 aliphatic heterocycles. The van der Waals surface area contributed by atoms with Crippen LogP contribution in [0.1, 0.15) is 110 Å². The fourth-order valence-electron chi connectivity index (χ4n) is 3.39. The molecule has 186 valence electrons. The molecule has 0 fully saturated rings. The van der Waals surface area contributed by atoms with Crippen molar-refractivity contribution < 1.29 is 33.4 Å². The van der Waals surface area contributed by atoms with E-state index in [-0.39, 0.29) is 13.2 Å². The fourth-order valence-corrected chi connectivity index (χ4v) is 3.87. The molecule has 0 bridgehead atoms. The Morgan fingerprint density at radius 1 is 0.774 bits per heavy atom. The van der Waals surface area contributed by atoms with Crippen molar-refractivity contribution in [3.63, 3.8) is 0 Å². The minimum absolute atomic E-state index is 0.203. The number of carboxylic acid groups (broad SMARTS) is 1. The van der Waals surface area contributed by atoms with Crippen LogP contribution in [-0.4, -0.2) is 48.7 Å². The summed E-state index contributed by atoms with van der Waals surface area (Å²) >= 11 is 0. The van der Waals surface area contributed by atoms with E-state index in [4.69, 9.17) is 19.5 Å². The van der Waals surface area contributed by atoms with Crippen LogP contribution in [0.4, 0.5) is 4.79 Å². The number of ether oxygens (including phenoxy) is 2.